The molecule has 0 aromatic carbocycles. The first kappa shape index (κ1) is 13.5. The topological polar surface area (TPSA) is 141 Å². The Labute approximate surface area is 109 Å². The van der Waals surface area contributed by atoms with Crippen molar-refractivity contribution in [1.82, 2.24) is 9.97 Å². The Kier molecular flexibility index (Phi) is 3.04. The van der Waals surface area contributed by atoms with E-state index in [0.29, 0.717) is 6.42 Å². The van der Waals surface area contributed by atoms with Crippen molar-refractivity contribution in [1.29, 1.82) is 0 Å². The van der Waals surface area contributed by atoms with Gasteiger partial charge in [0.15, 0.2) is 9.84 Å². The highest BCUT2D eigenvalue weighted by molar-refractivity contribution is 7.91. The number of nitrogens with one attached hydrogen (secondary N) is 1. The van der Waals surface area contributed by atoms with E-state index in [0.717, 1.165) is 6.33 Å². The molecule has 9 nitrogen and oxygen atoms in total. The van der Waals surface area contributed by atoms with Crippen molar-refractivity contribution >= 4 is 27.2 Å². The van der Waals surface area contributed by atoms with E-state index in [1.54, 1.807) is 6.92 Å². The Morgan fingerprint density at radius 1 is 1.53 bits per heavy atom. The summed E-state index contributed by atoms with van der Waals surface area (Å²) >= 11 is 0. The standard InChI is InChI=1S/C9H13N5O4S/c1-9(2-3-19(17,18)4-9)13-8-6(14(15)16)7(10)11-5-12-8/h5H,2-4H2,1H3,(H3,10,11,12,13). The molecule has 1 unspecified atom stereocenters. The van der Waals surface area contributed by atoms with Crippen molar-refractivity contribution in [3.8, 4) is 0 Å². The summed E-state index contributed by atoms with van der Waals surface area (Å²) in [5, 5.41) is 13.7. The largest absolute Gasteiger partial charge is 0.378 e. The minimum atomic E-state index is -3.12. The Hall–Kier alpha value is -1.97. The Morgan fingerprint density at radius 2 is 2.21 bits per heavy atom. The zero-order valence-corrected chi connectivity index (χ0v) is 11.0. The van der Waals surface area contributed by atoms with Gasteiger partial charge in [0, 0.05) is 0 Å². The predicted octanol–water partition coefficient (Wildman–Crippen LogP) is -0.0439. The number of sulfone groups is 1. The molecule has 0 bridgehead atoms. The summed E-state index contributed by atoms with van der Waals surface area (Å²) in [5.74, 6) is -0.365. The third-order valence-corrected chi connectivity index (χ3v) is 4.86. The lowest BCUT2D eigenvalue weighted by molar-refractivity contribution is -0.383. The summed E-state index contributed by atoms with van der Waals surface area (Å²) in [6.45, 7) is 1.68. The van der Waals surface area contributed by atoms with Gasteiger partial charge in [-0.3, -0.25) is 10.1 Å². The average Bonchev–Trinajstić information content (AvgIpc) is 2.52. The number of nitrogen functional groups attached to an aromatic ring is 1. The summed E-state index contributed by atoms with van der Waals surface area (Å²) in [6, 6.07) is 0. The van der Waals surface area contributed by atoms with Gasteiger partial charge < -0.3 is 11.1 Å². The van der Waals surface area contributed by atoms with Gasteiger partial charge in [0.25, 0.3) is 0 Å². The second-order valence-electron chi connectivity index (χ2n) is 4.74. The molecule has 0 saturated carbocycles. The second kappa shape index (κ2) is 4.30. The molecule has 1 fully saturated rings. The van der Waals surface area contributed by atoms with Crippen LogP contribution in [-0.4, -0.2) is 40.4 Å². The van der Waals surface area contributed by atoms with E-state index in [-0.39, 0.29) is 23.1 Å². The van der Waals surface area contributed by atoms with Gasteiger partial charge in [0.2, 0.25) is 11.6 Å². The number of hydrogen-bond acceptors (Lipinski definition) is 8. The quantitative estimate of drug-likeness (QED) is 0.582. The number of hydrogen-bond donors (Lipinski definition) is 2. The van der Waals surface area contributed by atoms with Crippen LogP contribution in [0.5, 0.6) is 0 Å². The highest BCUT2D eigenvalue weighted by atomic mass is 32.2. The average molecular weight is 287 g/mol. The first-order valence-corrected chi connectivity index (χ1v) is 7.28. The molecule has 0 spiro atoms. The number of aromatic nitrogens is 2. The predicted molar refractivity (Wildman–Crippen MR) is 68.4 cm³/mol. The third kappa shape index (κ3) is 2.72. The summed E-state index contributed by atoms with van der Waals surface area (Å²) in [5.41, 5.74) is 4.22. The van der Waals surface area contributed by atoms with E-state index < -0.39 is 26.0 Å². The monoisotopic (exact) mass is 287 g/mol. The van der Waals surface area contributed by atoms with Gasteiger partial charge in [0.1, 0.15) is 6.33 Å². The maximum Gasteiger partial charge on any atom is 0.353 e. The molecule has 0 radical (unpaired) electrons. The fourth-order valence-electron chi connectivity index (χ4n) is 2.06. The van der Waals surface area contributed by atoms with Crippen LogP contribution in [-0.2, 0) is 9.84 Å². The molecule has 1 aromatic rings. The van der Waals surface area contributed by atoms with Crippen molar-refractivity contribution in [3.63, 3.8) is 0 Å². The number of nitrogens with zero attached hydrogens (tertiary/aromatic N) is 3. The van der Waals surface area contributed by atoms with Crippen LogP contribution < -0.4 is 11.1 Å². The molecule has 1 atom stereocenters. The van der Waals surface area contributed by atoms with Crippen LogP contribution in [0.15, 0.2) is 6.33 Å². The van der Waals surface area contributed by atoms with Gasteiger partial charge in [-0.2, -0.15) is 0 Å². The summed E-state index contributed by atoms with van der Waals surface area (Å²) in [4.78, 5) is 17.6. The van der Waals surface area contributed by atoms with E-state index in [1.807, 2.05) is 0 Å². The maximum absolute atomic E-state index is 11.5. The molecular weight excluding hydrogens is 274 g/mol. The van der Waals surface area contributed by atoms with Crippen LogP contribution in [0.4, 0.5) is 17.3 Å². The zero-order valence-electron chi connectivity index (χ0n) is 10.2. The first-order valence-electron chi connectivity index (χ1n) is 5.46. The van der Waals surface area contributed by atoms with Crippen molar-refractivity contribution in [2.24, 2.45) is 0 Å². The van der Waals surface area contributed by atoms with Crippen LogP contribution in [0, 0.1) is 10.1 Å². The van der Waals surface area contributed by atoms with Crippen molar-refractivity contribution in [2.45, 2.75) is 18.9 Å². The smallest absolute Gasteiger partial charge is 0.353 e. The van der Waals surface area contributed by atoms with Gasteiger partial charge in [-0.25, -0.2) is 18.4 Å². The van der Waals surface area contributed by atoms with Crippen molar-refractivity contribution in [2.75, 3.05) is 22.6 Å². The van der Waals surface area contributed by atoms with E-state index in [2.05, 4.69) is 15.3 Å². The molecule has 0 aliphatic carbocycles. The minimum Gasteiger partial charge on any atom is -0.378 e. The molecule has 3 N–H and O–H groups in total. The fourth-order valence-corrected chi connectivity index (χ4v) is 4.15. The van der Waals surface area contributed by atoms with Crippen LogP contribution >= 0.6 is 0 Å². The Bertz CT molecular complexity index is 631. The normalized spacial score (nSPS) is 25.1. The summed E-state index contributed by atoms with van der Waals surface area (Å²) in [6.07, 6.45) is 1.45. The molecule has 1 aliphatic heterocycles. The van der Waals surface area contributed by atoms with E-state index in [1.165, 1.54) is 0 Å². The molecule has 0 amide bonds. The molecular formula is C9H13N5O4S. The van der Waals surface area contributed by atoms with E-state index in [9.17, 15) is 18.5 Å². The van der Waals surface area contributed by atoms with Crippen LogP contribution in [0.25, 0.3) is 0 Å². The summed E-state index contributed by atoms with van der Waals surface area (Å²) < 4.78 is 23.0. The van der Waals surface area contributed by atoms with Crippen LogP contribution in [0.2, 0.25) is 0 Å². The van der Waals surface area contributed by atoms with Gasteiger partial charge in [-0.15, -0.1) is 0 Å². The number of anilines is 2. The fraction of sp³-hybridized carbons (Fsp3) is 0.556. The maximum atomic E-state index is 11.5. The van der Waals surface area contributed by atoms with Crippen LogP contribution in [0.3, 0.4) is 0 Å². The van der Waals surface area contributed by atoms with Gasteiger partial charge in [-0.05, 0) is 13.3 Å². The molecule has 2 heterocycles. The SMILES string of the molecule is CC1(Nc2ncnc(N)c2[N+](=O)[O-])CCS(=O)(=O)C1. The Balaban J connectivity index is 2.35. The molecule has 1 saturated heterocycles. The van der Waals surface area contributed by atoms with Crippen molar-refractivity contribution < 1.29 is 13.3 Å². The van der Waals surface area contributed by atoms with Gasteiger partial charge in [-0.1, -0.05) is 0 Å². The molecule has 1 aliphatic rings. The third-order valence-electron chi connectivity index (χ3n) is 2.96. The van der Waals surface area contributed by atoms with Gasteiger partial charge in [0.05, 0.1) is 22.0 Å². The number of nitrogens with two attached hydrogens (primary N) is 1. The van der Waals surface area contributed by atoms with Crippen LogP contribution in [0.1, 0.15) is 13.3 Å². The molecule has 2 rings (SSSR count). The van der Waals surface area contributed by atoms with E-state index in [4.69, 9.17) is 5.73 Å². The lowest BCUT2D eigenvalue weighted by Gasteiger charge is -2.24. The molecule has 19 heavy (non-hydrogen) atoms. The highest BCUT2D eigenvalue weighted by Crippen LogP contribution is 2.32. The van der Waals surface area contributed by atoms with Gasteiger partial charge >= 0.3 is 5.69 Å². The lowest BCUT2D eigenvalue weighted by Crippen LogP contribution is -2.36. The zero-order chi connectivity index (χ0) is 14.3. The molecule has 10 heteroatoms. The van der Waals surface area contributed by atoms with Crippen molar-refractivity contribution in [3.05, 3.63) is 16.4 Å². The summed E-state index contributed by atoms with van der Waals surface area (Å²) in [7, 11) is -3.12. The first-order chi connectivity index (χ1) is 8.72. The van der Waals surface area contributed by atoms with E-state index >= 15 is 0 Å². The number of nitro groups is 1. The Morgan fingerprint density at radius 3 is 2.74 bits per heavy atom. The minimum absolute atomic E-state index is 0.0465. The second-order valence-corrected chi connectivity index (χ2v) is 6.92. The lowest BCUT2D eigenvalue weighted by atomic mass is 10.0. The molecule has 104 valence electrons. The highest BCUT2D eigenvalue weighted by Gasteiger charge is 2.40. The molecule has 1 aromatic heterocycles. The number of rotatable bonds is 3.